The van der Waals surface area contributed by atoms with Gasteiger partial charge in [0.1, 0.15) is 12.0 Å². The third kappa shape index (κ3) is 2.30. The quantitative estimate of drug-likeness (QED) is 0.755. The zero-order valence-electron chi connectivity index (χ0n) is 8.59. The van der Waals surface area contributed by atoms with Crippen LogP contribution in [0, 0.1) is 5.92 Å². The fourth-order valence-electron chi connectivity index (χ4n) is 1.94. The van der Waals surface area contributed by atoms with Crippen molar-refractivity contribution in [2.45, 2.75) is 19.4 Å². The average molecular weight is 212 g/mol. The van der Waals surface area contributed by atoms with Gasteiger partial charge in [-0.2, -0.15) is 4.98 Å². The predicted molar refractivity (Wildman–Crippen MR) is 54.4 cm³/mol. The molecule has 2 rings (SSSR count). The molecular weight excluding hydrogens is 196 g/mol. The van der Waals surface area contributed by atoms with Crippen LogP contribution in [0.5, 0.6) is 0 Å². The fraction of sp³-hybridized carbons (Fsp3) is 0.700. The molecule has 0 aliphatic carbocycles. The Morgan fingerprint density at radius 1 is 1.53 bits per heavy atom. The molecule has 0 amide bonds. The highest BCUT2D eigenvalue weighted by molar-refractivity contribution is 5.28. The maximum absolute atomic E-state index is 8.86. The molecule has 2 N–H and O–H groups in total. The first-order valence-corrected chi connectivity index (χ1v) is 5.24. The third-order valence-electron chi connectivity index (χ3n) is 2.80. The maximum atomic E-state index is 8.86. The Morgan fingerprint density at radius 3 is 3.07 bits per heavy atom. The lowest BCUT2D eigenvalue weighted by molar-refractivity contribution is 0.263. The van der Waals surface area contributed by atoms with E-state index in [0.717, 1.165) is 25.9 Å². The Bertz CT molecular complexity index is 313. The summed E-state index contributed by atoms with van der Waals surface area (Å²) in [4.78, 5) is 6.21. The molecular formula is C10H16N2O3. The second-order valence-corrected chi connectivity index (χ2v) is 3.89. The topological polar surface area (TPSA) is 69.7 Å². The lowest BCUT2D eigenvalue weighted by atomic mass is 10.1. The van der Waals surface area contributed by atoms with Crippen molar-refractivity contribution in [1.82, 2.24) is 4.98 Å². The van der Waals surface area contributed by atoms with Gasteiger partial charge in [0, 0.05) is 19.7 Å². The van der Waals surface area contributed by atoms with Crippen LogP contribution >= 0.6 is 0 Å². The molecule has 5 heteroatoms. The predicted octanol–water partition coefficient (Wildman–Crippen LogP) is 0.376. The third-order valence-corrected chi connectivity index (χ3v) is 2.80. The summed E-state index contributed by atoms with van der Waals surface area (Å²) in [6, 6.07) is 0.583. The Labute approximate surface area is 88.3 Å². The molecule has 0 spiro atoms. The standard InChI is InChI=1S/C10H16N2O3/c13-4-2-8-1-3-12(5-8)10-11-9(6-14)7-15-10/h7-8,13-14H,1-6H2. The molecule has 1 aromatic heterocycles. The summed E-state index contributed by atoms with van der Waals surface area (Å²) in [5.41, 5.74) is 0.565. The average Bonchev–Trinajstić information content (AvgIpc) is 2.85. The number of rotatable bonds is 4. The summed E-state index contributed by atoms with van der Waals surface area (Å²) < 4.78 is 5.26. The highest BCUT2D eigenvalue weighted by Crippen LogP contribution is 2.24. The molecule has 1 atom stereocenters. The Balaban J connectivity index is 1.95. The van der Waals surface area contributed by atoms with E-state index in [4.69, 9.17) is 14.6 Å². The molecule has 1 fully saturated rings. The number of aliphatic hydroxyl groups is 2. The summed E-state index contributed by atoms with van der Waals surface area (Å²) in [6.07, 6.45) is 3.39. The molecule has 5 nitrogen and oxygen atoms in total. The zero-order valence-corrected chi connectivity index (χ0v) is 8.59. The minimum Gasteiger partial charge on any atom is -0.432 e. The summed E-state index contributed by atoms with van der Waals surface area (Å²) >= 11 is 0. The molecule has 1 aliphatic rings. The van der Waals surface area contributed by atoms with Gasteiger partial charge in [-0.1, -0.05) is 0 Å². The highest BCUT2D eigenvalue weighted by Gasteiger charge is 2.25. The molecule has 1 saturated heterocycles. The van der Waals surface area contributed by atoms with E-state index in [-0.39, 0.29) is 13.2 Å². The largest absolute Gasteiger partial charge is 0.432 e. The van der Waals surface area contributed by atoms with Gasteiger partial charge in [-0.25, -0.2) is 0 Å². The Morgan fingerprint density at radius 2 is 2.40 bits per heavy atom. The van der Waals surface area contributed by atoms with Crippen molar-refractivity contribution < 1.29 is 14.6 Å². The van der Waals surface area contributed by atoms with Gasteiger partial charge in [0.25, 0.3) is 6.01 Å². The van der Waals surface area contributed by atoms with Gasteiger partial charge in [-0.05, 0) is 18.8 Å². The smallest absolute Gasteiger partial charge is 0.297 e. The van der Waals surface area contributed by atoms with Gasteiger partial charge in [0.15, 0.2) is 0 Å². The van der Waals surface area contributed by atoms with E-state index in [2.05, 4.69) is 9.88 Å². The molecule has 0 radical (unpaired) electrons. The second kappa shape index (κ2) is 4.63. The number of hydrogen-bond acceptors (Lipinski definition) is 5. The summed E-state index contributed by atoms with van der Waals surface area (Å²) in [6.45, 7) is 1.95. The number of aromatic nitrogens is 1. The van der Waals surface area contributed by atoms with E-state index in [0.29, 0.717) is 17.6 Å². The minimum atomic E-state index is -0.0859. The highest BCUT2D eigenvalue weighted by atomic mass is 16.4. The van der Waals surface area contributed by atoms with Crippen LogP contribution in [0.4, 0.5) is 6.01 Å². The normalized spacial score (nSPS) is 21.2. The van der Waals surface area contributed by atoms with Crippen LogP contribution in [0.3, 0.4) is 0 Å². The van der Waals surface area contributed by atoms with E-state index in [1.165, 1.54) is 6.26 Å². The van der Waals surface area contributed by atoms with Gasteiger partial charge < -0.3 is 19.5 Å². The van der Waals surface area contributed by atoms with Crippen molar-refractivity contribution in [3.8, 4) is 0 Å². The number of nitrogens with zero attached hydrogens (tertiary/aromatic N) is 2. The zero-order chi connectivity index (χ0) is 10.7. The first kappa shape index (κ1) is 10.4. The van der Waals surface area contributed by atoms with Crippen LogP contribution in [0.25, 0.3) is 0 Å². The van der Waals surface area contributed by atoms with Crippen molar-refractivity contribution in [3.05, 3.63) is 12.0 Å². The van der Waals surface area contributed by atoms with E-state index in [9.17, 15) is 0 Å². The first-order valence-electron chi connectivity index (χ1n) is 5.24. The molecule has 1 aromatic rings. The van der Waals surface area contributed by atoms with E-state index in [1.807, 2.05) is 0 Å². The minimum absolute atomic E-state index is 0.0859. The summed E-state index contributed by atoms with van der Waals surface area (Å²) in [5.74, 6) is 0.527. The van der Waals surface area contributed by atoms with Crippen LogP contribution in [0.15, 0.2) is 10.7 Å². The second-order valence-electron chi connectivity index (χ2n) is 3.89. The van der Waals surface area contributed by atoms with Crippen LogP contribution in [0.1, 0.15) is 18.5 Å². The SMILES string of the molecule is OCCC1CCN(c2nc(CO)co2)C1. The maximum Gasteiger partial charge on any atom is 0.297 e. The van der Waals surface area contributed by atoms with Gasteiger partial charge in [0.2, 0.25) is 0 Å². The summed E-state index contributed by atoms with van der Waals surface area (Å²) in [5, 5.41) is 17.7. The van der Waals surface area contributed by atoms with Crippen molar-refractivity contribution in [2.24, 2.45) is 5.92 Å². The van der Waals surface area contributed by atoms with Crippen LogP contribution in [-0.2, 0) is 6.61 Å². The van der Waals surface area contributed by atoms with Crippen molar-refractivity contribution in [3.63, 3.8) is 0 Å². The van der Waals surface area contributed by atoms with Gasteiger partial charge in [-0.3, -0.25) is 0 Å². The van der Waals surface area contributed by atoms with Crippen molar-refractivity contribution in [2.75, 3.05) is 24.6 Å². The van der Waals surface area contributed by atoms with Gasteiger partial charge in [0.05, 0.1) is 6.61 Å². The fourth-order valence-corrected chi connectivity index (χ4v) is 1.94. The van der Waals surface area contributed by atoms with E-state index < -0.39 is 0 Å². The molecule has 0 saturated carbocycles. The lowest BCUT2D eigenvalue weighted by Gasteiger charge is -2.12. The lowest BCUT2D eigenvalue weighted by Crippen LogP contribution is -2.20. The molecule has 0 aromatic carbocycles. The van der Waals surface area contributed by atoms with Gasteiger partial charge in [-0.15, -0.1) is 0 Å². The monoisotopic (exact) mass is 212 g/mol. The van der Waals surface area contributed by atoms with Crippen LogP contribution in [-0.4, -0.2) is 34.9 Å². The van der Waals surface area contributed by atoms with Crippen LogP contribution < -0.4 is 4.90 Å². The van der Waals surface area contributed by atoms with Crippen molar-refractivity contribution in [1.29, 1.82) is 0 Å². The van der Waals surface area contributed by atoms with E-state index >= 15 is 0 Å². The Kier molecular flexibility index (Phi) is 3.23. The number of oxazole rings is 1. The number of hydrogen-bond donors (Lipinski definition) is 2. The first-order chi connectivity index (χ1) is 7.33. The molecule has 0 bridgehead atoms. The number of anilines is 1. The van der Waals surface area contributed by atoms with E-state index in [1.54, 1.807) is 0 Å². The number of aliphatic hydroxyl groups excluding tert-OH is 2. The molecule has 84 valence electrons. The Hall–Kier alpha value is -1.07. The molecule has 1 aliphatic heterocycles. The summed E-state index contributed by atoms with van der Waals surface area (Å²) in [7, 11) is 0. The van der Waals surface area contributed by atoms with Crippen molar-refractivity contribution >= 4 is 6.01 Å². The molecule has 15 heavy (non-hydrogen) atoms. The van der Waals surface area contributed by atoms with Crippen LogP contribution in [0.2, 0.25) is 0 Å². The molecule has 1 unspecified atom stereocenters. The molecule has 2 heterocycles. The van der Waals surface area contributed by atoms with Gasteiger partial charge >= 0.3 is 0 Å².